The highest BCUT2D eigenvalue weighted by atomic mass is 16.5. The molecule has 1 unspecified atom stereocenters. The van der Waals surface area contributed by atoms with Crippen LogP contribution in [0.4, 0.5) is 0 Å². The zero-order valence-corrected chi connectivity index (χ0v) is 22.9. The number of rotatable bonds is 14. The number of carbonyl (C=O) groups excluding carboxylic acids is 1. The van der Waals surface area contributed by atoms with E-state index in [1.165, 1.54) is 69.8 Å². The molecule has 2 fully saturated rings. The molecule has 0 bridgehead atoms. The van der Waals surface area contributed by atoms with E-state index < -0.39 is 0 Å². The molecule has 4 nitrogen and oxygen atoms in total. The third-order valence-electron chi connectivity index (χ3n) is 8.59. The number of hydrogen-bond acceptors (Lipinski definition) is 4. The van der Waals surface area contributed by atoms with E-state index in [0.29, 0.717) is 17.4 Å². The Morgan fingerprint density at radius 3 is 2.22 bits per heavy atom. The molecule has 1 aromatic carbocycles. The molecule has 1 atom stereocenters. The Labute approximate surface area is 219 Å². The lowest BCUT2D eigenvalue weighted by atomic mass is 9.76. The molecule has 36 heavy (non-hydrogen) atoms. The van der Waals surface area contributed by atoms with Gasteiger partial charge in [-0.15, -0.1) is 0 Å². The Bertz CT molecular complexity index is 770. The van der Waals surface area contributed by atoms with E-state index in [4.69, 9.17) is 9.47 Å². The molecule has 1 aromatic rings. The van der Waals surface area contributed by atoms with Crippen LogP contribution in [0.5, 0.6) is 5.75 Å². The summed E-state index contributed by atoms with van der Waals surface area (Å²) in [5.41, 5.74) is 1.83. The molecule has 4 heteroatoms. The maximum atomic E-state index is 11.6. The molecule has 3 rings (SSSR count). The minimum absolute atomic E-state index is 0.0161. The normalized spacial score (nSPS) is 25.2. The van der Waals surface area contributed by atoms with Gasteiger partial charge in [0.25, 0.3) is 0 Å². The third-order valence-corrected chi connectivity index (χ3v) is 8.59. The summed E-state index contributed by atoms with van der Waals surface area (Å²) in [7, 11) is 0. The van der Waals surface area contributed by atoms with Gasteiger partial charge in [-0.1, -0.05) is 64.2 Å². The number of aliphatic hydroxyl groups is 1. The van der Waals surface area contributed by atoms with Gasteiger partial charge in [-0.3, -0.25) is 0 Å². The van der Waals surface area contributed by atoms with Crippen molar-refractivity contribution >= 4 is 5.97 Å². The van der Waals surface area contributed by atoms with Gasteiger partial charge in [-0.05, 0) is 93.2 Å². The van der Waals surface area contributed by atoms with Gasteiger partial charge in [-0.25, -0.2) is 4.79 Å². The molecule has 2 aliphatic carbocycles. The monoisotopic (exact) mass is 498 g/mol. The lowest BCUT2D eigenvalue weighted by molar-refractivity contribution is -0.140. The maximum Gasteiger partial charge on any atom is 0.333 e. The Kier molecular flexibility index (Phi) is 12.3. The number of ether oxygens (including phenoxy) is 2. The Balaban J connectivity index is 1.34. The fraction of sp³-hybridized carbons (Fsp3) is 0.719. The molecule has 0 amide bonds. The Morgan fingerprint density at radius 1 is 0.972 bits per heavy atom. The van der Waals surface area contributed by atoms with Gasteiger partial charge in [0.15, 0.2) is 0 Å². The van der Waals surface area contributed by atoms with Gasteiger partial charge in [0, 0.05) is 18.1 Å². The molecular formula is C32H50O4. The summed E-state index contributed by atoms with van der Waals surface area (Å²) in [5, 5.41) is 9.72. The smallest absolute Gasteiger partial charge is 0.333 e. The van der Waals surface area contributed by atoms with E-state index in [1.807, 2.05) is 0 Å². The Hall–Kier alpha value is -1.81. The first kappa shape index (κ1) is 28.8. The number of aliphatic hydroxyl groups excluding tert-OH is 1. The summed E-state index contributed by atoms with van der Waals surface area (Å²) in [6.45, 7) is 8.76. The Morgan fingerprint density at radius 2 is 1.61 bits per heavy atom. The number of unbranched alkanes of at least 4 members (excludes halogenated alkanes) is 2. The fourth-order valence-corrected chi connectivity index (χ4v) is 6.14. The van der Waals surface area contributed by atoms with Crippen molar-refractivity contribution in [2.75, 3.05) is 19.8 Å². The van der Waals surface area contributed by atoms with Crippen LogP contribution in [0.3, 0.4) is 0 Å². The van der Waals surface area contributed by atoms with Gasteiger partial charge in [0.2, 0.25) is 0 Å². The molecule has 202 valence electrons. The second-order valence-corrected chi connectivity index (χ2v) is 11.6. The summed E-state index contributed by atoms with van der Waals surface area (Å²) in [6.07, 6.45) is 16.6. The molecule has 0 radical (unpaired) electrons. The van der Waals surface area contributed by atoms with Crippen LogP contribution in [0.2, 0.25) is 0 Å². The maximum absolute atomic E-state index is 11.6. The van der Waals surface area contributed by atoms with Crippen LogP contribution in [-0.4, -0.2) is 30.9 Å². The minimum Gasteiger partial charge on any atom is -0.493 e. The number of benzene rings is 1. The van der Waals surface area contributed by atoms with E-state index >= 15 is 0 Å². The average molecular weight is 499 g/mol. The molecule has 2 saturated carbocycles. The van der Waals surface area contributed by atoms with Gasteiger partial charge in [-0.2, -0.15) is 0 Å². The predicted octanol–water partition coefficient (Wildman–Crippen LogP) is 7.84. The zero-order chi connectivity index (χ0) is 25.8. The van der Waals surface area contributed by atoms with Crippen molar-refractivity contribution in [3.8, 4) is 5.75 Å². The lowest BCUT2D eigenvalue weighted by Gasteiger charge is -2.31. The van der Waals surface area contributed by atoms with Crippen molar-refractivity contribution in [3.63, 3.8) is 0 Å². The van der Waals surface area contributed by atoms with Crippen LogP contribution in [0.15, 0.2) is 36.4 Å². The number of esters is 1. The number of carbonyl (C=O) groups is 1. The highest BCUT2D eigenvalue weighted by Crippen LogP contribution is 2.39. The van der Waals surface area contributed by atoms with Crippen molar-refractivity contribution in [1.82, 2.24) is 0 Å². The van der Waals surface area contributed by atoms with Crippen LogP contribution < -0.4 is 4.74 Å². The van der Waals surface area contributed by atoms with Crippen molar-refractivity contribution in [3.05, 3.63) is 42.0 Å². The molecule has 0 spiro atoms. The first-order valence-electron chi connectivity index (χ1n) is 14.6. The molecule has 0 saturated heterocycles. The van der Waals surface area contributed by atoms with Crippen LogP contribution in [-0.2, 0) is 9.53 Å². The van der Waals surface area contributed by atoms with Gasteiger partial charge in [0.1, 0.15) is 5.75 Å². The van der Waals surface area contributed by atoms with E-state index in [9.17, 15) is 9.90 Å². The summed E-state index contributed by atoms with van der Waals surface area (Å²) >= 11 is 0. The van der Waals surface area contributed by atoms with Crippen LogP contribution in [0, 0.1) is 23.7 Å². The molecule has 2 aliphatic rings. The van der Waals surface area contributed by atoms with E-state index in [0.717, 1.165) is 43.5 Å². The zero-order valence-electron chi connectivity index (χ0n) is 22.9. The molecule has 0 aromatic heterocycles. The standard InChI is InChI=1S/C32H50O4/c1-4-5-6-7-25-8-10-27(11-9-25)22-35-31-18-16-30(17-19-31)29-14-12-26(13-15-29)20-28(21-33)23-36-32(34)24(2)3/h16-19,25-29,33H,2,4-15,20-23H2,1,3H3. The molecule has 0 heterocycles. The van der Waals surface area contributed by atoms with Gasteiger partial charge < -0.3 is 14.6 Å². The van der Waals surface area contributed by atoms with Gasteiger partial charge in [0.05, 0.1) is 13.2 Å². The average Bonchev–Trinajstić information content (AvgIpc) is 2.91. The lowest BCUT2D eigenvalue weighted by Crippen LogP contribution is -2.23. The van der Waals surface area contributed by atoms with Crippen molar-refractivity contribution in [2.45, 2.75) is 103 Å². The van der Waals surface area contributed by atoms with Crippen molar-refractivity contribution in [2.24, 2.45) is 23.7 Å². The van der Waals surface area contributed by atoms with Gasteiger partial charge >= 0.3 is 5.97 Å². The van der Waals surface area contributed by atoms with Crippen LogP contribution in [0.1, 0.15) is 109 Å². The molecule has 0 aliphatic heterocycles. The predicted molar refractivity (Wildman–Crippen MR) is 147 cm³/mol. The molecule has 1 N–H and O–H groups in total. The first-order valence-corrected chi connectivity index (χ1v) is 14.6. The van der Waals surface area contributed by atoms with Crippen LogP contribution >= 0.6 is 0 Å². The SMILES string of the molecule is C=C(C)C(=O)OCC(CO)CC1CCC(c2ccc(OCC3CCC(CCCCC)CC3)cc2)CC1. The topological polar surface area (TPSA) is 55.8 Å². The van der Waals surface area contributed by atoms with E-state index in [-0.39, 0.29) is 25.1 Å². The third kappa shape index (κ3) is 9.57. The molecular weight excluding hydrogens is 448 g/mol. The summed E-state index contributed by atoms with van der Waals surface area (Å²) in [6, 6.07) is 8.85. The highest BCUT2D eigenvalue weighted by molar-refractivity contribution is 5.86. The first-order chi connectivity index (χ1) is 17.5. The number of hydrogen-bond donors (Lipinski definition) is 1. The summed E-state index contributed by atoms with van der Waals surface area (Å²) in [4.78, 5) is 11.6. The second-order valence-electron chi connectivity index (χ2n) is 11.6. The minimum atomic E-state index is -0.366. The van der Waals surface area contributed by atoms with Crippen molar-refractivity contribution in [1.29, 1.82) is 0 Å². The summed E-state index contributed by atoms with van der Waals surface area (Å²) < 4.78 is 11.5. The summed E-state index contributed by atoms with van der Waals surface area (Å²) in [5.74, 6) is 3.52. The highest BCUT2D eigenvalue weighted by Gasteiger charge is 2.26. The van der Waals surface area contributed by atoms with E-state index in [1.54, 1.807) is 6.92 Å². The largest absolute Gasteiger partial charge is 0.493 e. The van der Waals surface area contributed by atoms with E-state index in [2.05, 4.69) is 37.8 Å². The van der Waals surface area contributed by atoms with Crippen LogP contribution in [0.25, 0.3) is 0 Å². The van der Waals surface area contributed by atoms with Crippen molar-refractivity contribution < 1.29 is 19.4 Å². The quantitative estimate of drug-likeness (QED) is 0.161. The fourth-order valence-electron chi connectivity index (χ4n) is 6.14. The second kappa shape index (κ2) is 15.4.